The van der Waals surface area contributed by atoms with Gasteiger partial charge in [0.05, 0.1) is 22.2 Å². The molecule has 0 saturated carbocycles. The molecule has 1 fully saturated rings. The van der Waals surface area contributed by atoms with Gasteiger partial charge in [-0.05, 0) is 25.1 Å². The van der Waals surface area contributed by atoms with Crippen LogP contribution in [0.2, 0.25) is 10.0 Å². The van der Waals surface area contributed by atoms with Crippen LogP contribution in [-0.4, -0.2) is 16.8 Å². The van der Waals surface area contributed by atoms with Gasteiger partial charge in [0, 0.05) is 0 Å². The number of hydroxylamine groups is 1. The topological polar surface area (TPSA) is 49.8 Å². The number of benzene rings is 1. The Morgan fingerprint density at radius 1 is 1.44 bits per heavy atom. The summed E-state index contributed by atoms with van der Waals surface area (Å²) in [5, 5.41) is 11.3. The van der Waals surface area contributed by atoms with Crippen LogP contribution in [0.3, 0.4) is 0 Å². The lowest BCUT2D eigenvalue weighted by molar-refractivity contribution is -0.163. The third-order valence-electron chi connectivity index (χ3n) is 2.13. The van der Waals surface area contributed by atoms with E-state index >= 15 is 0 Å². The van der Waals surface area contributed by atoms with Crippen molar-refractivity contribution in [2.24, 2.45) is 0 Å². The molecule has 16 heavy (non-hydrogen) atoms. The largest absolute Gasteiger partial charge is 0.363 e. The molecule has 1 atom stereocenters. The van der Waals surface area contributed by atoms with Crippen molar-refractivity contribution in [1.29, 1.82) is 0 Å². The second-order valence-corrected chi connectivity index (χ2v) is 4.54. The van der Waals surface area contributed by atoms with Crippen molar-refractivity contribution in [3.05, 3.63) is 28.2 Å². The van der Waals surface area contributed by atoms with Crippen LogP contribution in [0.25, 0.3) is 0 Å². The van der Waals surface area contributed by atoms with Crippen molar-refractivity contribution in [2.75, 3.05) is 5.06 Å². The summed E-state index contributed by atoms with van der Waals surface area (Å²) in [4.78, 5) is 16.6. The summed E-state index contributed by atoms with van der Waals surface area (Å²) in [6.07, 6.45) is -0.0900. The van der Waals surface area contributed by atoms with E-state index in [0.717, 1.165) is 5.06 Å². The molecule has 1 aromatic carbocycles. The molecule has 2 rings (SSSR count). The Hall–Kier alpha value is -0.810. The molecule has 1 aliphatic heterocycles. The minimum absolute atomic E-state index is 0.0900. The van der Waals surface area contributed by atoms with E-state index in [9.17, 15) is 9.90 Å². The smallest absolute Gasteiger partial charge is 0.256 e. The maximum absolute atomic E-state index is 11.6. The summed E-state index contributed by atoms with van der Waals surface area (Å²) in [7, 11) is 0. The number of carbonyl (C=O) groups is 1. The van der Waals surface area contributed by atoms with Gasteiger partial charge in [-0.25, -0.2) is 4.84 Å². The SMILES string of the molecule is C[C@@]1(O)CC(=O)N(c2ccc(Cl)c(Cl)c2)O1. The summed E-state index contributed by atoms with van der Waals surface area (Å²) in [5.41, 5.74) is 0.442. The molecule has 0 unspecified atom stereocenters. The van der Waals surface area contributed by atoms with Gasteiger partial charge in [-0.3, -0.25) is 4.79 Å². The van der Waals surface area contributed by atoms with E-state index in [1.165, 1.54) is 13.0 Å². The first-order chi connectivity index (χ1) is 7.39. The quantitative estimate of drug-likeness (QED) is 0.845. The zero-order valence-corrected chi connectivity index (χ0v) is 9.92. The van der Waals surface area contributed by atoms with Crippen LogP contribution >= 0.6 is 23.2 Å². The fraction of sp³-hybridized carbons (Fsp3) is 0.300. The zero-order chi connectivity index (χ0) is 11.9. The third kappa shape index (κ3) is 2.15. The van der Waals surface area contributed by atoms with E-state index in [-0.39, 0.29) is 12.3 Å². The van der Waals surface area contributed by atoms with Crippen molar-refractivity contribution in [2.45, 2.75) is 19.1 Å². The first-order valence-corrected chi connectivity index (χ1v) is 5.34. The molecule has 1 amide bonds. The van der Waals surface area contributed by atoms with Crippen LogP contribution in [0.5, 0.6) is 0 Å². The van der Waals surface area contributed by atoms with Crippen molar-refractivity contribution < 1.29 is 14.7 Å². The number of nitrogens with zero attached hydrogens (tertiary/aromatic N) is 1. The predicted molar refractivity (Wildman–Crippen MR) is 60.3 cm³/mol. The van der Waals surface area contributed by atoms with Crippen LogP contribution in [0.15, 0.2) is 18.2 Å². The van der Waals surface area contributed by atoms with Gasteiger partial charge in [0.25, 0.3) is 5.91 Å². The zero-order valence-electron chi connectivity index (χ0n) is 8.41. The second-order valence-electron chi connectivity index (χ2n) is 3.73. The van der Waals surface area contributed by atoms with E-state index in [4.69, 9.17) is 28.0 Å². The van der Waals surface area contributed by atoms with Crippen LogP contribution in [0.1, 0.15) is 13.3 Å². The molecule has 0 bridgehead atoms. The molecular weight excluding hydrogens is 253 g/mol. The van der Waals surface area contributed by atoms with E-state index in [2.05, 4.69) is 0 Å². The van der Waals surface area contributed by atoms with Crippen LogP contribution in [-0.2, 0) is 9.63 Å². The van der Waals surface area contributed by atoms with Crippen molar-refractivity contribution in [1.82, 2.24) is 0 Å². The minimum Gasteiger partial charge on any atom is -0.363 e. The summed E-state index contributed by atoms with van der Waals surface area (Å²) in [6, 6.07) is 4.65. The molecule has 86 valence electrons. The highest BCUT2D eigenvalue weighted by Gasteiger charge is 2.40. The summed E-state index contributed by atoms with van der Waals surface area (Å²) in [6.45, 7) is 1.42. The summed E-state index contributed by atoms with van der Waals surface area (Å²) >= 11 is 11.6. The first-order valence-electron chi connectivity index (χ1n) is 4.58. The Bertz CT molecular complexity index is 448. The molecule has 1 N–H and O–H groups in total. The molecule has 1 heterocycles. The number of carbonyl (C=O) groups excluding carboxylic acids is 1. The number of amides is 1. The highest BCUT2D eigenvalue weighted by atomic mass is 35.5. The molecule has 0 aromatic heterocycles. The fourth-order valence-electron chi connectivity index (χ4n) is 1.44. The lowest BCUT2D eigenvalue weighted by atomic mass is 10.2. The number of hydrogen-bond donors (Lipinski definition) is 1. The van der Waals surface area contributed by atoms with Gasteiger partial charge in [0.2, 0.25) is 0 Å². The van der Waals surface area contributed by atoms with Gasteiger partial charge < -0.3 is 5.11 Å². The maximum Gasteiger partial charge on any atom is 0.256 e. The Morgan fingerprint density at radius 3 is 2.62 bits per heavy atom. The average molecular weight is 262 g/mol. The van der Waals surface area contributed by atoms with Crippen molar-refractivity contribution in [3.8, 4) is 0 Å². The highest BCUT2D eigenvalue weighted by Crippen LogP contribution is 2.32. The Morgan fingerprint density at radius 2 is 2.12 bits per heavy atom. The molecule has 0 aliphatic carbocycles. The predicted octanol–water partition coefficient (Wildman–Crippen LogP) is 2.37. The van der Waals surface area contributed by atoms with E-state index in [0.29, 0.717) is 15.7 Å². The molecule has 1 aromatic rings. The van der Waals surface area contributed by atoms with E-state index in [1.54, 1.807) is 12.1 Å². The lowest BCUT2D eigenvalue weighted by Crippen LogP contribution is -2.27. The fourth-order valence-corrected chi connectivity index (χ4v) is 1.73. The van der Waals surface area contributed by atoms with E-state index in [1.807, 2.05) is 0 Å². The van der Waals surface area contributed by atoms with Crippen LogP contribution in [0.4, 0.5) is 5.69 Å². The standard InChI is InChI=1S/C10H9Cl2NO3/c1-10(15)5-9(14)13(16-10)6-2-3-7(11)8(12)4-6/h2-4,15H,5H2,1H3/t10-/m0/s1. The summed E-state index contributed by atoms with van der Waals surface area (Å²) in [5.74, 6) is -1.80. The van der Waals surface area contributed by atoms with Gasteiger partial charge in [-0.15, -0.1) is 0 Å². The molecular formula is C10H9Cl2NO3. The number of rotatable bonds is 1. The lowest BCUT2D eigenvalue weighted by Gasteiger charge is -2.18. The molecule has 6 heteroatoms. The van der Waals surface area contributed by atoms with Crippen LogP contribution in [0, 0.1) is 0 Å². The molecule has 0 spiro atoms. The molecule has 1 aliphatic rings. The highest BCUT2D eigenvalue weighted by molar-refractivity contribution is 6.42. The number of halogens is 2. The molecule has 0 radical (unpaired) electrons. The van der Waals surface area contributed by atoms with Gasteiger partial charge in [-0.2, -0.15) is 5.06 Å². The third-order valence-corrected chi connectivity index (χ3v) is 2.87. The molecule has 1 saturated heterocycles. The number of anilines is 1. The number of aliphatic hydroxyl groups is 1. The van der Waals surface area contributed by atoms with Gasteiger partial charge >= 0.3 is 0 Å². The second kappa shape index (κ2) is 3.89. The molecule has 4 nitrogen and oxygen atoms in total. The Kier molecular flexibility index (Phi) is 2.84. The minimum atomic E-state index is -1.47. The average Bonchev–Trinajstić information content (AvgIpc) is 2.45. The number of hydrogen-bond acceptors (Lipinski definition) is 3. The Balaban J connectivity index is 2.32. The first kappa shape index (κ1) is 11.7. The van der Waals surface area contributed by atoms with Crippen molar-refractivity contribution in [3.63, 3.8) is 0 Å². The Labute approximate surface area is 102 Å². The van der Waals surface area contributed by atoms with Gasteiger partial charge in [0.15, 0.2) is 5.79 Å². The summed E-state index contributed by atoms with van der Waals surface area (Å²) < 4.78 is 0. The van der Waals surface area contributed by atoms with Crippen LogP contribution < -0.4 is 5.06 Å². The monoisotopic (exact) mass is 261 g/mol. The van der Waals surface area contributed by atoms with Gasteiger partial charge in [-0.1, -0.05) is 23.2 Å². The normalized spacial score (nSPS) is 25.2. The van der Waals surface area contributed by atoms with E-state index < -0.39 is 5.79 Å². The van der Waals surface area contributed by atoms with Crippen molar-refractivity contribution >= 4 is 34.8 Å². The van der Waals surface area contributed by atoms with Gasteiger partial charge in [0.1, 0.15) is 0 Å². The maximum atomic E-state index is 11.6.